The highest BCUT2D eigenvalue weighted by molar-refractivity contribution is 7.91. The first-order valence-electron chi connectivity index (χ1n) is 12.0. The number of rotatable bonds is 10. The van der Waals surface area contributed by atoms with Crippen molar-refractivity contribution in [3.63, 3.8) is 0 Å². The number of hydrogen-bond acceptors (Lipinski definition) is 5. The van der Waals surface area contributed by atoms with Crippen molar-refractivity contribution in [3.05, 3.63) is 90.3 Å². The number of Topliss-reactive ketones (excluding diaryl/α,β-unsaturated/α-hetero) is 1. The first kappa shape index (κ1) is 24.8. The molecule has 1 N–H and O–H groups in total. The normalized spacial score (nSPS) is 15.0. The number of nitrogens with one attached hydrogen (secondary N) is 1. The van der Waals surface area contributed by atoms with Crippen molar-refractivity contribution in [2.24, 2.45) is 11.8 Å². The Morgan fingerprint density at radius 1 is 0.914 bits per heavy atom. The molecular formula is C28H30N2O4S. The molecule has 1 fully saturated rings. The standard InChI is InChI=1S/C28H30N2O4S/c31-27(26-12-6-7-17-29-26)19-23(18-21-8-2-1-3-9-21)28(32)30-24-13-15-25(16-14-24)35(33,34)20-22-10-4-5-11-22/h1-3,6-9,12-17,22-23H,4-5,10-11,18-20H2,(H,30,32)/t23-/m1/s1. The maximum atomic E-state index is 13.2. The number of benzene rings is 2. The molecule has 3 aromatic rings. The van der Waals surface area contributed by atoms with Gasteiger partial charge in [-0.25, -0.2) is 8.42 Å². The van der Waals surface area contributed by atoms with Gasteiger partial charge in [0.25, 0.3) is 0 Å². The van der Waals surface area contributed by atoms with E-state index in [4.69, 9.17) is 0 Å². The molecule has 182 valence electrons. The summed E-state index contributed by atoms with van der Waals surface area (Å²) in [6.45, 7) is 0. The lowest BCUT2D eigenvalue weighted by atomic mass is 9.92. The van der Waals surface area contributed by atoms with E-state index in [0.29, 0.717) is 17.8 Å². The van der Waals surface area contributed by atoms with Gasteiger partial charge in [0.1, 0.15) is 5.69 Å². The number of sulfone groups is 1. The highest BCUT2D eigenvalue weighted by Gasteiger charge is 2.26. The van der Waals surface area contributed by atoms with Gasteiger partial charge in [0.15, 0.2) is 15.6 Å². The average molecular weight is 491 g/mol. The van der Waals surface area contributed by atoms with Crippen LogP contribution in [0.15, 0.2) is 83.9 Å². The third-order valence-corrected chi connectivity index (χ3v) is 8.39. The van der Waals surface area contributed by atoms with Crippen LogP contribution in [-0.2, 0) is 21.1 Å². The molecule has 1 saturated carbocycles. The molecule has 0 unspecified atom stereocenters. The number of anilines is 1. The SMILES string of the molecule is O=C(C[C@@H](Cc1ccccc1)C(=O)Nc1ccc(S(=O)(=O)CC2CCCC2)cc1)c1ccccn1. The van der Waals surface area contributed by atoms with Crippen LogP contribution in [0.25, 0.3) is 0 Å². The van der Waals surface area contributed by atoms with Crippen molar-refractivity contribution in [3.8, 4) is 0 Å². The van der Waals surface area contributed by atoms with Crippen LogP contribution in [0.3, 0.4) is 0 Å². The Kier molecular flexibility index (Phi) is 8.08. The average Bonchev–Trinajstić information content (AvgIpc) is 3.37. The van der Waals surface area contributed by atoms with Crippen molar-refractivity contribution in [1.82, 2.24) is 4.98 Å². The fraction of sp³-hybridized carbons (Fsp3) is 0.321. The number of pyridine rings is 1. The molecule has 0 spiro atoms. The monoisotopic (exact) mass is 490 g/mol. The molecule has 0 aliphatic heterocycles. The number of nitrogens with zero attached hydrogens (tertiary/aromatic N) is 1. The van der Waals surface area contributed by atoms with Crippen molar-refractivity contribution < 1.29 is 18.0 Å². The molecule has 6 nitrogen and oxygen atoms in total. The van der Waals surface area contributed by atoms with Gasteiger partial charge in [-0.05, 0) is 67.1 Å². The van der Waals surface area contributed by atoms with Gasteiger partial charge in [-0.1, -0.05) is 49.2 Å². The smallest absolute Gasteiger partial charge is 0.228 e. The summed E-state index contributed by atoms with van der Waals surface area (Å²) >= 11 is 0. The predicted molar refractivity (Wildman–Crippen MR) is 136 cm³/mol. The Morgan fingerprint density at radius 3 is 2.26 bits per heavy atom. The lowest BCUT2D eigenvalue weighted by Crippen LogP contribution is -2.27. The fourth-order valence-electron chi connectivity index (χ4n) is 4.59. The van der Waals surface area contributed by atoms with Gasteiger partial charge in [0.2, 0.25) is 5.91 Å². The van der Waals surface area contributed by atoms with Crippen LogP contribution in [0.1, 0.15) is 48.2 Å². The van der Waals surface area contributed by atoms with Crippen LogP contribution in [0.4, 0.5) is 5.69 Å². The van der Waals surface area contributed by atoms with Gasteiger partial charge in [0.05, 0.1) is 10.6 Å². The van der Waals surface area contributed by atoms with Crippen molar-refractivity contribution in [1.29, 1.82) is 0 Å². The third kappa shape index (κ3) is 6.85. The zero-order valence-electron chi connectivity index (χ0n) is 19.6. The summed E-state index contributed by atoms with van der Waals surface area (Å²) in [4.78, 5) is 30.4. The van der Waals surface area contributed by atoms with Crippen LogP contribution in [-0.4, -0.2) is 30.8 Å². The van der Waals surface area contributed by atoms with Gasteiger partial charge < -0.3 is 5.32 Å². The molecule has 4 rings (SSSR count). The lowest BCUT2D eigenvalue weighted by molar-refractivity contribution is -0.119. The number of amides is 1. The van der Waals surface area contributed by atoms with E-state index in [1.165, 1.54) is 0 Å². The molecule has 1 amide bonds. The van der Waals surface area contributed by atoms with Crippen LogP contribution >= 0.6 is 0 Å². The molecule has 2 aromatic carbocycles. The summed E-state index contributed by atoms with van der Waals surface area (Å²) in [5, 5.41) is 2.86. The molecule has 0 radical (unpaired) electrons. The quantitative estimate of drug-likeness (QED) is 0.398. The Morgan fingerprint density at radius 2 is 1.60 bits per heavy atom. The zero-order valence-corrected chi connectivity index (χ0v) is 20.4. The van der Waals surface area contributed by atoms with Gasteiger partial charge in [0, 0.05) is 24.2 Å². The first-order valence-corrected chi connectivity index (χ1v) is 13.7. The first-order chi connectivity index (χ1) is 16.9. The fourth-order valence-corrected chi connectivity index (χ4v) is 6.28. The molecule has 7 heteroatoms. The Balaban J connectivity index is 1.46. The van der Waals surface area contributed by atoms with Crippen LogP contribution in [0.5, 0.6) is 0 Å². The van der Waals surface area contributed by atoms with Crippen molar-refractivity contribution >= 4 is 27.2 Å². The lowest BCUT2D eigenvalue weighted by Gasteiger charge is -2.17. The van der Waals surface area contributed by atoms with Gasteiger partial charge in [-0.2, -0.15) is 0 Å². The number of aromatic nitrogens is 1. The summed E-state index contributed by atoms with van der Waals surface area (Å²) in [6, 6.07) is 21.0. The zero-order chi connectivity index (χ0) is 24.7. The molecule has 1 heterocycles. The number of ketones is 1. The molecule has 0 saturated heterocycles. The highest BCUT2D eigenvalue weighted by atomic mass is 32.2. The number of hydrogen-bond donors (Lipinski definition) is 1. The molecule has 0 bridgehead atoms. The minimum Gasteiger partial charge on any atom is -0.326 e. The highest BCUT2D eigenvalue weighted by Crippen LogP contribution is 2.28. The minimum absolute atomic E-state index is 0.0194. The summed E-state index contributed by atoms with van der Waals surface area (Å²) in [5.74, 6) is -0.685. The minimum atomic E-state index is -3.36. The topological polar surface area (TPSA) is 93.2 Å². The van der Waals surface area contributed by atoms with E-state index in [2.05, 4.69) is 10.3 Å². The van der Waals surface area contributed by atoms with Crippen LogP contribution < -0.4 is 5.32 Å². The summed E-state index contributed by atoms with van der Waals surface area (Å²) in [7, 11) is -3.36. The van der Waals surface area contributed by atoms with E-state index in [0.717, 1.165) is 31.2 Å². The van der Waals surface area contributed by atoms with E-state index >= 15 is 0 Å². The third-order valence-electron chi connectivity index (χ3n) is 6.49. The van der Waals surface area contributed by atoms with Gasteiger partial charge >= 0.3 is 0 Å². The molecular weight excluding hydrogens is 460 g/mol. The molecule has 1 atom stereocenters. The van der Waals surface area contributed by atoms with Gasteiger partial charge in [-0.3, -0.25) is 14.6 Å². The van der Waals surface area contributed by atoms with Crippen LogP contribution in [0, 0.1) is 11.8 Å². The summed E-state index contributed by atoms with van der Waals surface area (Å²) < 4.78 is 25.5. The van der Waals surface area contributed by atoms with Crippen LogP contribution in [0.2, 0.25) is 0 Å². The summed E-state index contributed by atoms with van der Waals surface area (Å²) in [6.07, 6.45) is 6.10. The largest absolute Gasteiger partial charge is 0.326 e. The molecule has 1 aromatic heterocycles. The molecule has 1 aliphatic rings. The van der Waals surface area contributed by atoms with E-state index in [9.17, 15) is 18.0 Å². The van der Waals surface area contributed by atoms with E-state index in [1.807, 2.05) is 30.3 Å². The maximum absolute atomic E-state index is 13.2. The predicted octanol–water partition coefficient (Wildman–Crippen LogP) is 5.12. The van der Waals surface area contributed by atoms with Gasteiger partial charge in [-0.15, -0.1) is 0 Å². The van der Waals surface area contributed by atoms with E-state index in [1.54, 1.807) is 48.7 Å². The van der Waals surface area contributed by atoms with E-state index in [-0.39, 0.29) is 34.7 Å². The molecule has 35 heavy (non-hydrogen) atoms. The maximum Gasteiger partial charge on any atom is 0.228 e. The Hall–Kier alpha value is -3.32. The van der Waals surface area contributed by atoms with Crippen molar-refractivity contribution in [2.45, 2.75) is 43.4 Å². The molecule has 1 aliphatic carbocycles. The van der Waals surface area contributed by atoms with E-state index < -0.39 is 15.8 Å². The second-order valence-corrected chi connectivity index (χ2v) is 11.2. The number of carbonyl (C=O) groups is 2. The second kappa shape index (κ2) is 11.4. The Labute approximate surface area is 206 Å². The number of carbonyl (C=O) groups excluding carboxylic acids is 2. The van der Waals surface area contributed by atoms with Crippen molar-refractivity contribution in [2.75, 3.05) is 11.1 Å². The Bertz CT molecular complexity index is 1240. The summed E-state index contributed by atoms with van der Waals surface area (Å²) in [5.41, 5.74) is 1.78. The second-order valence-electron chi connectivity index (χ2n) is 9.17.